The summed E-state index contributed by atoms with van der Waals surface area (Å²) in [6.07, 6.45) is 1.32. The van der Waals surface area contributed by atoms with Crippen LogP contribution >= 0.6 is 23.1 Å². The molecule has 1 heterocycles. The van der Waals surface area contributed by atoms with Gasteiger partial charge in [0, 0.05) is 36.0 Å². The molecule has 144 valence electrons. The van der Waals surface area contributed by atoms with Crippen LogP contribution in [0.5, 0.6) is 0 Å². The lowest BCUT2D eigenvalue weighted by Gasteiger charge is -2.05. The molecule has 0 unspecified atom stereocenters. The number of hydrogen-bond donors (Lipinski definition) is 2. The van der Waals surface area contributed by atoms with E-state index in [9.17, 15) is 9.59 Å². The maximum atomic E-state index is 12.1. The second kappa shape index (κ2) is 10.0. The number of thioether (sulfide) groups is 1. The van der Waals surface area contributed by atoms with E-state index >= 15 is 0 Å². The monoisotopic (exact) mass is 412 g/mol. The predicted octanol–water partition coefficient (Wildman–Crippen LogP) is 5.00. The van der Waals surface area contributed by atoms with Crippen LogP contribution in [-0.2, 0) is 4.79 Å². The lowest BCUT2D eigenvalue weighted by atomic mass is 10.1. The van der Waals surface area contributed by atoms with Gasteiger partial charge >= 0.3 is 0 Å². The topological polar surface area (TPSA) is 84.0 Å². The highest BCUT2D eigenvalue weighted by Crippen LogP contribution is 2.29. The third kappa shape index (κ3) is 6.17. The lowest BCUT2D eigenvalue weighted by Crippen LogP contribution is -2.05. The second-order valence-electron chi connectivity index (χ2n) is 6.00. The van der Waals surface area contributed by atoms with Crippen LogP contribution in [0.2, 0.25) is 0 Å². The molecule has 3 aromatic rings. The number of aromatic nitrogens is 2. The molecule has 0 fully saturated rings. The molecule has 2 N–H and O–H groups in total. The minimum atomic E-state index is -0.113. The molecule has 28 heavy (non-hydrogen) atoms. The standard InChI is InChI=1S/C20H20N4O2S2/c1-14(25)21-16-9-5-10-17(13-16)22-19-23-24-20(28-19)27-12-6-11-18(26)15-7-3-2-4-8-15/h2-5,7-10,13H,6,11-12H2,1H3,(H,21,25)(H,22,23). The molecular weight excluding hydrogens is 392 g/mol. The van der Waals surface area contributed by atoms with Gasteiger partial charge in [0.15, 0.2) is 10.1 Å². The maximum absolute atomic E-state index is 12.1. The highest BCUT2D eigenvalue weighted by atomic mass is 32.2. The van der Waals surface area contributed by atoms with Crippen LogP contribution in [0.15, 0.2) is 58.9 Å². The van der Waals surface area contributed by atoms with Crippen molar-refractivity contribution >= 4 is 51.3 Å². The van der Waals surface area contributed by atoms with Crippen molar-refractivity contribution in [2.75, 3.05) is 16.4 Å². The Morgan fingerprint density at radius 3 is 2.61 bits per heavy atom. The number of anilines is 3. The second-order valence-corrected chi connectivity index (χ2v) is 8.32. The van der Waals surface area contributed by atoms with Gasteiger partial charge in [-0.05, 0) is 24.6 Å². The highest BCUT2D eigenvalue weighted by Gasteiger charge is 2.08. The number of carbonyl (C=O) groups is 2. The molecular formula is C20H20N4O2S2. The van der Waals surface area contributed by atoms with E-state index in [1.54, 1.807) is 11.8 Å². The lowest BCUT2D eigenvalue weighted by molar-refractivity contribution is -0.114. The van der Waals surface area contributed by atoms with E-state index in [1.165, 1.54) is 18.3 Å². The molecule has 3 rings (SSSR count). The smallest absolute Gasteiger partial charge is 0.221 e. The van der Waals surface area contributed by atoms with Crippen molar-refractivity contribution in [1.29, 1.82) is 0 Å². The minimum absolute atomic E-state index is 0.113. The van der Waals surface area contributed by atoms with E-state index in [0.29, 0.717) is 11.6 Å². The summed E-state index contributed by atoms with van der Waals surface area (Å²) in [5.74, 6) is 0.864. The van der Waals surface area contributed by atoms with Gasteiger partial charge in [0.2, 0.25) is 11.0 Å². The SMILES string of the molecule is CC(=O)Nc1cccc(Nc2nnc(SCCCC(=O)c3ccccc3)s2)c1. The molecule has 0 aliphatic carbocycles. The Morgan fingerprint density at radius 1 is 1.04 bits per heavy atom. The van der Waals surface area contributed by atoms with E-state index < -0.39 is 0 Å². The molecule has 0 saturated heterocycles. The minimum Gasteiger partial charge on any atom is -0.330 e. The molecule has 0 saturated carbocycles. The molecule has 0 aliphatic heterocycles. The molecule has 0 radical (unpaired) electrons. The number of amides is 1. The summed E-state index contributed by atoms with van der Waals surface area (Å²) in [6, 6.07) is 16.8. The first-order chi connectivity index (χ1) is 13.6. The van der Waals surface area contributed by atoms with Gasteiger partial charge in [-0.3, -0.25) is 9.59 Å². The number of hydrogen-bond acceptors (Lipinski definition) is 7. The summed E-state index contributed by atoms with van der Waals surface area (Å²) in [5.41, 5.74) is 2.31. The van der Waals surface area contributed by atoms with Crippen molar-refractivity contribution in [1.82, 2.24) is 10.2 Å². The van der Waals surface area contributed by atoms with E-state index in [4.69, 9.17) is 0 Å². The third-order valence-corrected chi connectivity index (χ3v) is 5.77. The number of ketones is 1. The van der Waals surface area contributed by atoms with Crippen LogP contribution < -0.4 is 10.6 Å². The van der Waals surface area contributed by atoms with Crippen molar-refractivity contribution in [3.8, 4) is 0 Å². The van der Waals surface area contributed by atoms with Gasteiger partial charge in [-0.25, -0.2) is 0 Å². The first kappa shape index (κ1) is 20.0. The number of nitrogens with zero attached hydrogens (tertiary/aromatic N) is 2. The number of carbonyl (C=O) groups excluding carboxylic acids is 2. The summed E-state index contributed by atoms with van der Waals surface area (Å²) < 4.78 is 0.854. The Labute approximate surface area is 171 Å². The third-order valence-electron chi connectivity index (χ3n) is 3.71. The van der Waals surface area contributed by atoms with Crippen LogP contribution in [0.25, 0.3) is 0 Å². The average Bonchev–Trinajstić information content (AvgIpc) is 3.13. The van der Waals surface area contributed by atoms with Crippen LogP contribution in [0.1, 0.15) is 30.1 Å². The van der Waals surface area contributed by atoms with Gasteiger partial charge in [0.05, 0.1) is 0 Å². The van der Waals surface area contributed by atoms with Crippen molar-refractivity contribution in [3.05, 3.63) is 60.2 Å². The molecule has 0 aliphatic rings. The summed E-state index contributed by atoms with van der Waals surface area (Å²) in [6.45, 7) is 1.47. The first-order valence-electron chi connectivity index (χ1n) is 8.79. The van der Waals surface area contributed by atoms with Gasteiger partial charge in [0.25, 0.3) is 0 Å². The predicted molar refractivity (Wildman–Crippen MR) is 115 cm³/mol. The summed E-state index contributed by atoms with van der Waals surface area (Å²) in [4.78, 5) is 23.2. The van der Waals surface area contributed by atoms with Gasteiger partial charge in [0.1, 0.15) is 0 Å². The van der Waals surface area contributed by atoms with Crippen LogP contribution in [0, 0.1) is 0 Å². The fraction of sp³-hybridized carbons (Fsp3) is 0.200. The highest BCUT2D eigenvalue weighted by molar-refractivity contribution is 8.01. The zero-order chi connectivity index (χ0) is 19.8. The molecule has 8 heteroatoms. The molecule has 1 amide bonds. The fourth-order valence-electron chi connectivity index (χ4n) is 2.48. The zero-order valence-electron chi connectivity index (χ0n) is 15.3. The Morgan fingerprint density at radius 2 is 1.82 bits per heavy atom. The van der Waals surface area contributed by atoms with Crippen molar-refractivity contribution in [2.45, 2.75) is 24.1 Å². The molecule has 1 aromatic heterocycles. The first-order valence-corrected chi connectivity index (χ1v) is 10.6. The summed E-state index contributed by atoms with van der Waals surface area (Å²) in [7, 11) is 0. The number of benzene rings is 2. The average molecular weight is 413 g/mol. The number of rotatable bonds is 9. The van der Waals surface area contributed by atoms with E-state index in [-0.39, 0.29) is 11.7 Å². The van der Waals surface area contributed by atoms with Gasteiger partial charge < -0.3 is 10.6 Å². The Hall–Kier alpha value is -2.71. The van der Waals surface area contributed by atoms with E-state index in [2.05, 4.69) is 20.8 Å². The number of nitrogens with one attached hydrogen (secondary N) is 2. The Bertz CT molecular complexity index is 944. The Kier molecular flexibility index (Phi) is 7.16. The number of Topliss-reactive ketones (excluding diaryl/α,β-unsaturated/α-hetero) is 1. The molecule has 0 bridgehead atoms. The quantitative estimate of drug-likeness (QED) is 0.292. The summed E-state index contributed by atoms with van der Waals surface area (Å²) in [5, 5.41) is 14.9. The molecule has 6 nitrogen and oxygen atoms in total. The van der Waals surface area contributed by atoms with Crippen molar-refractivity contribution in [2.24, 2.45) is 0 Å². The maximum Gasteiger partial charge on any atom is 0.221 e. The van der Waals surface area contributed by atoms with Gasteiger partial charge in [-0.2, -0.15) is 0 Å². The zero-order valence-corrected chi connectivity index (χ0v) is 17.0. The molecule has 0 spiro atoms. The van der Waals surface area contributed by atoms with Crippen LogP contribution in [0.3, 0.4) is 0 Å². The largest absolute Gasteiger partial charge is 0.330 e. The fourth-order valence-corrected chi connectivity index (χ4v) is 4.26. The van der Waals surface area contributed by atoms with Crippen LogP contribution in [-0.4, -0.2) is 27.6 Å². The van der Waals surface area contributed by atoms with Gasteiger partial charge in [-0.15, -0.1) is 10.2 Å². The van der Waals surface area contributed by atoms with Crippen molar-refractivity contribution in [3.63, 3.8) is 0 Å². The normalized spacial score (nSPS) is 10.5. The van der Waals surface area contributed by atoms with Crippen molar-refractivity contribution < 1.29 is 9.59 Å². The molecule has 0 atom stereocenters. The van der Waals surface area contributed by atoms with Crippen LogP contribution in [0.4, 0.5) is 16.5 Å². The molecule has 2 aromatic carbocycles. The van der Waals surface area contributed by atoms with Gasteiger partial charge in [-0.1, -0.05) is 59.5 Å². The van der Waals surface area contributed by atoms with E-state index in [0.717, 1.165) is 33.5 Å². The van der Waals surface area contributed by atoms with E-state index in [1.807, 2.05) is 54.6 Å². The summed E-state index contributed by atoms with van der Waals surface area (Å²) >= 11 is 3.06. The Balaban J connectivity index is 1.45.